The molecule has 2 nitrogen and oxygen atoms in total. The maximum absolute atomic E-state index is 5.86. The van der Waals surface area contributed by atoms with Crippen molar-refractivity contribution in [1.82, 2.24) is 5.32 Å². The van der Waals surface area contributed by atoms with E-state index in [1.807, 2.05) is 24.3 Å². The summed E-state index contributed by atoms with van der Waals surface area (Å²) >= 11 is 7.14. The van der Waals surface area contributed by atoms with Crippen molar-refractivity contribution in [2.24, 2.45) is 0 Å². The van der Waals surface area contributed by atoms with Crippen molar-refractivity contribution in [3.63, 3.8) is 0 Å². The minimum atomic E-state index is 0.555. The van der Waals surface area contributed by atoms with E-state index in [0.717, 1.165) is 32.8 Å². The van der Waals surface area contributed by atoms with Crippen LogP contribution in [-0.2, 0) is 13.2 Å². The van der Waals surface area contributed by atoms with E-state index in [1.54, 1.807) is 0 Å². The van der Waals surface area contributed by atoms with Crippen LogP contribution in [0.5, 0.6) is 5.75 Å². The molecule has 2 aromatic carbocycles. The van der Waals surface area contributed by atoms with Gasteiger partial charge >= 0.3 is 0 Å². The molecule has 110 valence electrons. The van der Waals surface area contributed by atoms with Crippen molar-refractivity contribution < 1.29 is 4.74 Å². The molecule has 0 spiro atoms. The fourth-order valence-electron chi connectivity index (χ4n) is 2.08. The van der Waals surface area contributed by atoms with Gasteiger partial charge in [0.25, 0.3) is 0 Å². The predicted octanol–water partition coefficient (Wildman–Crippen LogP) is 5.04. The average molecular weight is 411 g/mol. The van der Waals surface area contributed by atoms with Crippen molar-refractivity contribution in [2.45, 2.75) is 32.0 Å². The van der Waals surface area contributed by atoms with Crippen LogP contribution in [0.3, 0.4) is 0 Å². The van der Waals surface area contributed by atoms with E-state index in [1.165, 1.54) is 18.4 Å². The molecule has 1 aliphatic rings. The lowest BCUT2D eigenvalue weighted by Gasteiger charge is -2.11. The molecule has 3 rings (SSSR count). The third kappa shape index (κ3) is 4.31. The maximum Gasteiger partial charge on any atom is 0.133 e. The van der Waals surface area contributed by atoms with Crippen LogP contribution >= 0.6 is 31.9 Å². The molecular formula is C17H17Br2NO. The maximum atomic E-state index is 5.86. The Hall–Kier alpha value is -0.840. The van der Waals surface area contributed by atoms with Gasteiger partial charge in [-0.15, -0.1) is 0 Å². The Kier molecular flexibility index (Phi) is 4.99. The van der Waals surface area contributed by atoms with Crippen LogP contribution < -0.4 is 10.1 Å². The van der Waals surface area contributed by atoms with Gasteiger partial charge in [-0.2, -0.15) is 0 Å². The summed E-state index contributed by atoms with van der Waals surface area (Å²) in [7, 11) is 0. The molecular weight excluding hydrogens is 394 g/mol. The van der Waals surface area contributed by atoms with Crippen molar-refractivity contribution in [3.8, 4) is 5.75 Å². The van der Waals surface area contributed by atoms with Gasteiger partial charge in [-0.25, -0.2) is 0 Å². The van der Waals surface area contributed by atoms with Gasteiger partial charge in [0.15, 0.2) is 0 Å². The summed E-state index contributed by atoms with van der Waals surface area (Å²) in [5.41, 5.74) is 2.46. The highest BCUT2D eigenvalue weighted by molar-refractivity contribution is 9.10. The normalized spacial score (nSPS) is 14.2. The highest BCUT2D eigenvalue weighted by Gasteiger charge is 2.19. The Morgan fingerprint density at radius 2 is 1.86 bits per heavy atom. The molecule has 1 aliphatic carbocycles. The predicted molar refractivity (Wildman–Crippen MR) is 92.5 cm³/mol. The summed E-state index contributed by atoms with van der Waals surface area (Å²) in [6.45, 7) is 1.49. The van der Waals surface area contributed by atoms with E-state index >= 15 is 0 Å². The van der Waals surface area contributed by atoms with Crippen LogP contribution in [0, 0.1) is 0 Å². The summed E-state index contributed by atoms with van der Waals surface area (Å²) in [4.78, 5) is 0. The van der Waals surface area contributed by atoms with E-state index < -0.39 is 0 Å². The molecule has 4 heteroatoms. The molecule has 0 bridgehead atoms. The van der Waals surface area contributed by atoms with Crippen LogP contribution in [0.1, 0.15) is 24.0 Å². The molecule has 0 saturated heterocycles. The molecule has 0 heterocycles. The summed E-state index contributed by atoms with van der Waals surface area (Å²) in [6.07, 6.45) is 2.64. The number of halogens is 2. The second-order valence-electron chi connectivity index (χ2n) is 5.30. The first-order valence-corrected chi connectivity index (χ1v) is 8.69. The lowest BCUT2D eigenvalue weighted by atomic mass is 10.1. The zero-order chi connectivity index (χ0) is 14.7. The van der Waals surface area contributed by atoms with Crippen LogP contribution in [0.2, 0.25) is 0 Å². The van der Waals surface area contributed by atoms with E-state index in [4.69, 9.17) is 4.74 Å². The number of rotatable bonds is 6. The Morgan fingerprint density at radius 1 is 1.05 bits per heavy atom. The minimum Gasteiger partial charge on any atom is -0.488 e. The van der Waals surface area contributed by atoms with E-state index in [-0.39, 0.29) is 0 Å². The Balaban J connectivity index is 1.61. The van der Waals surface area contributed by atoms with Crippen molar-refractivity contribution in [3.05, 3.63) is 62.5 Å². The standard InChI is InChI=1S/C17H17Br2NO/c18-15-3-1-2-4-17(15)21-11-13-6-5-12(9-16(13)19)10-20-14-7-8-14/h1-6,9,14,20H,7-8,10-11H2. The van der Waals surface area contributed by atoms with Crippen molar-refractivity contribution in [2.75, 3.05) is 0 Å². The molecule has 1 saturated carbocycles. The first kappa shape index (κ1) is 15.1. The van der Waals surface area contributed by atoms with Gasteiger partial charge in [-0.3, -0.25) is 0 Å². The number of benzene rings is 2. The molecule has 0 unspecified atom stereocenters. The fourth-order valence-corrected chi connectivity index (χ4v) is 3.02. The van der Waals surface area contributed by atoms with Gasteiger partial charge in [-0.05, 0) is 52.5 Å². The quantitative estimate of drug-likeness (QED) is 0.719. The average Bonchev–Trinajstić information content (AvgIpc) is 3.30. The highest BCUT2D eigenvalue weighted by atomic mass is 79.9. The van der Waals surface area contributed by atoms with Gasteiger partial charge in [0.1, 0.15) is 12.4 Å². The smallest absolute Gasteiger partial charge is 0.133 e. The lowest BCUT2D eigenvalue weighted by Crippen LogP contribution is -2.15. The second-order valence-corrected chi connectivity index (χ2v) is 7.01. The summed E-state index contributed by atoms with van der Waals surface area (Å²) in [5.74, 6) is 0.865. The van der Waals surface area contributed by atoms with Gasteiger partial charge in [0.2, 0.25) is 0 Å². The van der Waals surface area contributed by atoms with Crippen molar-refractivity contribution >= 4 is 31.9 Å². The lowest BCUT2D eigenvalue weighted by molar-refractivity contribution is 0.303. The number of nitrogens with one attached hydrogen (secondary N) is 1. The van der Waals surface area contributed by atoms with Gasteiger partial charge in [0.05, 0.1) is 4.47 Å². The zero-order valence-corrected chi connectivity index (χ0v) is 14.8. The monoisotopic (exact) mass is 409 g/mol. The molecule has 2 aromatic rings. The van der Waals surface area contributed by atoms with Crippen LogP contribution in [-0.4, -0.2) is 6.04 Å². The molecule has 21 heavy (non-hydrogen) atoms. The first-order chi connectivity index (χ1) is 10.2. The van der Waals surface area contributed by atoms with Crippen LogP contribution in [0.4, 0.5) is 0 Å². The first-order valence-electron chi connectivity index (χ1n) is 7.10. The SMILES string of the molecule is Brc1cc(CNC2CC2)ccc1COc1ccccc1Br. The van der Waals surface area contributed by atoms with Crippen molar-refractivity contribution in [1.29, 1.82) is 0 Å². The fraction of sp³-hybridized carbons (Fsp3) is 0.294. The largest absolute Gasteiger partial charge is 0.488 e. The van der Waals surface area contributed by atoms with Crippen LogP contribution in [0.15, 0.2) is 51.4 Å². The topological polar surface area (TPSA) is 21.3 Å². The molecule has 0 radical (unpaired) electrons. The molecule has 0 amide bonds. The number of hydrogen-bond acceptors (Lipinski definition) is 2. The Labute approximate surface area is 142 Å². The van der Waals surface area contributed by atoms with E-state index in [0.29, 0.717) is 6.61 Å². The number of para-hydroxylation sites is 1. The summed E-state index contributed by atoms with van der Waals surface area (Å²) in [6, 6.07) is 15.1. The molecule has 0 atom stereocenters. The Bertz CT molecular complexity index is 626. The zero-order valence-electron chi connectivity index (χ0n) is 11.6. The van der Waals surface area contributed by atoms with Gasteiger partial charge in [-0.1, -0.05) is 40.2 Å². The minimum absolute atomic E-state index is 0.555. The third-order valence-electron chi connectivity index (χ3n) is 3.51. The van der Waals surface area contributed by atoms with E-state index in [9.17, 15) is 0 Å². The summed E-state index contributed by atoms with van der Waals surface area (Å²) in [5, 5.41) is 3.53. The van der Waals surface area contributed by atoms with Crippen LogP contribution in [0.25, 0.3) is 0 Å². The third-order valence-corrected chi connectivity index (χ3v) is 4.90. The molecule has 1 fully saturated rings. The Morgan fingerprint density at radius 3 is 2.57 bits per heavy atom. The molecule has 1 N–H and O–H groups in total. The second kappa shape index (κ2) is 6.95. The molecule has 0 aliphatic heterocycles. The molecule has 0 aromatic heterocycles. The summed E-state index contributed by atoms with van der Waals surface area (Å²) < 4.78 is 7.94. The van der Waals surface area contributed by atoms with Gasteiger partial charge < -0.3 is 10.1 Å². The van der Waals surface area contributed by atoms with E-state index in [2.05, 4.69) is 55.4 Å². The van der Waals surface area contributed by atoms with Gasteiger partial charge in [0, 0.05) is 22.6 Å². The number of hydrogen-bond donors (Lipinski definition) is 1. The highest BCUT2D eigenvalue weighted by Crippen LogP contribution is 2.27. The number of ether oxygens (including phenoxy) is 1.